The molecule has 3 aliphatic rings. The average Bonchev–Trinajstić information content (AvgIpc) is 3.21. The predicted octanol–water partition coefficient (Wildman–Crippen LogP) is 1.55. The van der Waals surface area contributed by atoms with E-state index < -0.39 is 23.5 Å². The van der Waals surface area contributed by atoms with Crippen molar-refractivity contribution in [3.63, 3.8) is 0 Å². The standard InChI is InChI=1S/C17H18Cl2N2O4/c18-10-5-9-12(6-11(10)19)20-16(25)17(9)1-2-21(7-17)15(24)8-3-13(22)14(23)4-8/h5-6,8,13-14,22-23H,1-4,7H2,(H,20,25)/t8?,13-,14+,17-/m1/s1. The first-order valence-corrected chi connectivity index (χ1v) is 9.03. The SMILES string of the molecule is O=C(C1C[C@@H](O)[C@@H](O)C1)N1CC[C@]2(C1)C(=O)Nc1cc(Cl)c(Cl)cc12. The van der Waals surface area contributed by atoms with Crippen LogP contribution in [0, 0.1) is 5.92 Å². The highest BCUT2D eigenvalue weighted by Gasteiger charge is 2.53. The summed E-state index contributed by atoms with van der Waals surface area (Å²) in [6.07, 6.45) is -0.696. The topological polar surface area (TPSA) is 89.9 Å². The van der Waals surface area contributed by atoms with Gasteiger partial charge in [0.1, 0.15) is 0 Å². The number of anilines is 1. The van der Waals surface area contributed by atoms with Crippen LogP contribution in [0.3, 0.4) is 0 Å². The number of nitrogens with one attached hydrogen (secondary N) is 1. The number of likely N-dealkylation sites (tertiary alicyclic amines) is 1. The lowest BCUT2D eigenvalue weighted by molar-refractivity contribution is -0.135. The van der Waals surface area contributed by atoms with Crippen LogP contribution < -0.4 is 5.32 Å². The normalized spacial score (nSPS) is 33.8. The van der Waals surface area contributed by atoms with Crippen molar-refractivity contribution in [2.45, 2.75) is 36.9 Å². The van der Waals surface area contributed by atoms with Crippen molar-refractivity contribution < 1.29 is 19.8 Å². The molecule has 2 fully saturated rings. The van der Waals surface area contributed by atoms with Gasteiger partial charge in [-0.3, -0.25) is 9.59 Å². The first kappa shape index (κ1) is 17.1. The van der Waals surface area contributed by atoms with E-state index in [4.69, 9.17) is 23.2 Å². The molecule has 134 valence electrons. The van der Waals surface area contributed by atoms with Gasteiger partial charge in [-0.1, -0.05) is 23.2 Å². The van der Waals surface area contributed by atoms with Crippen molar-refractivity contribution in [2.24, 2.45) is 5.92 Å². The molecule has 1 spiro atoms. The highest BCUT2D eigenvalue weighted by atomic mass is 35.5. The Balaban J connectivity index is 1.59. The van der Waals surface area contributed by atoms with Crippen LogP contribution in [-0.2, 0) is 15.0 Å². The molecule has 1 aliphatic carbocycles. The van der Waals surface area contributed by atoms with E-state index in [2.05, 4.69) is 5.32 Å². The Morgan fingerprint density at radius 2 is 1.84 bits per heavy atom. The number of aliphatic hydroxyl groups is 2. The van der Waals surface area contributed by atoms with Crippen LogP contribution >= 0.6 is 23.2 Å². The molecule has 8 heteroatoms. The first-order valence-electron chi connectivity index (χ1n) is 8.28. The summed E-state index contributed by atoms with van der Waals surface area (Å²) >= 11 is 12.2. The van der Waals surface area contributed by atoms with Gasteiger partial charge in [0, 0.05) is 24.7 Å². The molecule has 4 rings (SSSR count). The summed E-state index contributed by atoms with van der Waals surface area (Å²) in [6, 6.07) is 3.34. The minimum atomic E-state index is -0.859. The summed E-state index contributed by atoms with van der Waals surface area (Å²) in [4.78, 5) is 27.1. The lowest BCUT2D eigenvalue weighted by atomic mass is 9.81. The fraction of sp³-hybridized carbons (Fsp3) is 0.529. The van der Waals surface area contributed by atoms with Gasteiger partial charge >= 0.3 is 0 Å². The summed E-state index contributed by atoms with van der Waals surface area (Å²) in [6.45, 7) is 0.722. The predicted molar refractivity (Wildman–Crippen MR) is 92.7 cm³/mol. The Kier molecular flexibility index (Phi) is 3.99. The largest absolute Gasteiger partial charge is 0.390 e. The third kappa shape index (κ3) is 2.54. The number of fused-ring (bicyclic) bond motifs is 2. The lowest BCUT2D eigenvalue weighted by Crippen LogP contribution is -2.41. The second-order valence-corrected chi connectivity index (χ2v) is 7.98. The number of aliphatic hydroxyl groups excluding tert-OH is 2. The fourth-order valence-electron chi connectivity index (χ4n) is 4.27. The van der Waals surface area contributed by atoms with Gasteiger partial charge in [0.15, 0.2) is 0 Å². The zero-order valence-corrected chi connectivity index (χ0v) is 14.8. The van der Waals surface area contributed by atoms with Crippen LogP contribution in [0.4, 0.5) is 5.69 Å². The molecule has 0 radical (unpaired) electrons. The van der Waals surface area contributed by atoms with E-state index in [1.165, 1.54) is 0 Å². The Morgan fingerprint density at radius 3 is 2.52 bits per heavy atom. The third-order valence-corrected chi connectivity index (χ3v) is 6.41. The summed E-state index contributed by atoms with van der Waals surface area (Å²) in [5.74, 6) is -0.672. The van der Waals surface area contributed by atoms with E-state index in [-0.39, 0.29) is 31.2 Å². The van der Waals surface area contributed by atoms with Crippen LogP contribution in [0.25, 0.3) is 0 Å². The highest BCUT2D eigenvalue weighted by Crippen LogP contribution is 2.47. The van der Waals surface area contributed by atoms with Crippen molar-refractivity contribution in [3.8, 4) is 0 Å². The maximum atomic E-state index is 12.7. The summed E-state index contributed by atoms with van der Waals surface area (Å²) in [5, 5.41) is 23.0. The molecule has 4 atom stereocenters. The summed E-state index contributed by atoms with van der Waals surface area (Å²) < 4.78 is 0. The molecule has 1 saturated heterocycles. The van der Waals surface area contributed by atoms with Crippen molar-refractivity contribution in [1.29, 1.82) is 0 Å². The number of amides is 2. The van der Waals surface area contributed by atoms with Gasteiger partial charge in [-0.15, -0.1) is 0 Å². The Morgan fingerprint density at radius 1 is 1.20 bits per heavy atom. The molecule has 1 saturated carbocycles. The molecule has 0 aromatic heterocycles. The van der Waals surface area contributed by atoms with E-state index in [1.807, 2.05) is 0 Å². The average molecular weight is 385 g/mol. The van der Waals surface area contributed by atoms with Crippen LogP contribution in [-0.4, -0.2) is 52.2 Å². The number of carbonyl (C=O) groups excluding carboxylic acids is 2. The molecule has 25 heavy (non-hydrogen) atoms. The minimum absolute atomic E-state index is 0.117. The van der Waals surface area contributed by atoms with Gasteiger partial charge in [-0.05, 0) is 37.0 Å². The number of hydrogen-bond acceptors (Lipinski definition) is 4. The highest BCUT2D eigenvalue weighted by molar-refractivity contribution is 6.42. The fourth-order valence-corrected chi connectivity index (χ4v) is 4.59. The van der Waals surface area contributed by atoms with Crippen molar-refractivity contribution in [1.82, 2.24) is 4.90 Å². The number of rotatable bonds is 1. The van der Waals surface area contributed by atoms with Gasteiger partial charge in [-0.25, -0.2) is 0 Å². The van der Waals surface area contributed by atoms with E-state index >= 15 is 0 Å². The van der Waals surface area contributed by atoms with Crippen LogP contribution in [0.15, 0.2) is 12.1 Å². The Labute approximate surface area is 154 Å². The maximum absolute atomic E-state index is 12.7. The van der Waals surface area contributed by atoms with E-state index in [0.717, 1.165) is 5.56 Å². The lowest BCUT2D eigenvalue weighted by Gasteiger charge is -2.24. The number of carbonyl (C=O) groups is 2. The summed E-state index contributed by atoms with van der Waals surface area (Å²) in [5.41, 5.74) is 0.601. The number of nitrogens with zero attached hydrogens (tertiary/aromatic N) is 1. The van der Waals surface area contributed by atoms with Gasteiger partial charge < -0.3 is 20.4 Å². The molecule has 3 N–H and O–H groups in total. The van der Waals surface area contributed by atoms with Gasteiger partial charge in [0.25, 0.3) is 0 Å². The molecule has 2 aliphatic heterocycles. The van der Waals surface area contributed by atoms with E-state index in [0.29, 0.717) is 28.7 Å². The smallest absolute Gasteiger partial charge is 0.237 e. The third-order valence-electron chi connectivity index (χ3n) is 5.69. The van der Waals surface area contributed by atoms with Crippen molar-refractivity contribution >= 4 is 40.7 Å². The number of hydrogen-bond donors (Lipinski definition) is 3. The molecule has 2 amide bonds. The van der Waals surface area contributed by atoms with Gasteiger partial charge in [-0.2, -0.15) is 0 Å². The van der Waals surface area contributed by atoms with Gasteiger partial charge in [0.2, 0.25) is 11.8 Å². The molecule has 0 bridgehead atoms. The molecule has 2 heterocycles. The first-order chi connectivity index (χ1) is 11.8. The van der Waals surface area contributed by atoms with Crippen LogP contribution in [0.2, 0.25) is 10.0 Å². The maximum Gasteiger partial charge on any atom is 0.237 e. The molecule has 1 aromatic rings. The summed E-state index contributed by atoms with van der Waals surface area (Å²) in [7, 11) is 0. The van der Waals surface area contributed by atoms with E-state index in [9.17, 15) is 19.8 Å². The van der Waals surface area contributed by atoms with Crippen molar-refractivity contribution in [2.75, 3.05) is 18.4 Å². The number of benzene rings is 1. The monoisotopic (exact) mass is 384 g/mol. The zero-order valence-electron chi connectivity index (χ0n) is 13.3. The Bertz CT molecular complexity index is 761. The molecular weight excluding hydrogens is 367 g/mol. The molecular formula is C17H18Cl2N2O4. The van der Waals surface area contributed by atoms with Crippen molar-refractivity contribution in [3.05, 3.63) is 27.7 Å². The van der Waals surface area contributed by atoms with Crippen LogP contribution in [0.1, 0.15) is 24.8 Å². The quantitative estimate of drug-likeness (QED) is 0.684. The number of halogens is 2. The molecule has 1 aromatic carbocycles. The Hall–Kier alpha value is -1.34. The second-order valence-electron chi connectivity index (χ2n) is 7.16. The molecule has 1 unspecified atom stereocenters. The van der Waals surface area contributed by atoms with Crippen LogP contribution in [0.5, 0.6) is 0 Å². The zero-order chi connectivity index (χ0) is 17.9. The molecule has 6 nitrogen and oxygen atoms in total. The van der Waals surface area contributed by atoms with Gasteiger partial charge in [0.05, 0.1) is 27.7 Å². The van der Waals surface area contributed by atoms with E-state index in [1.54, 1.807) is 17.0 Å². The second kappa shape index (κ2) is 5.84. The minimum Gasteiger partial charge on any atom is -0.390 e.